The van der Waals surface area contributed by atoms with Crippen LogP contribution < -0.4 is 5.32 Å². The van der Waals surface area contributed by atoms with Crippen LogP contribution in [0.5, 0.6) is 0 Å². The van der Waals surface area contributed by atoms with Crippen LogP contribution in [0.2, 0.25) is 0 Å². The van der Waals surface area contributed by atoms with Crippen molar-refractivity contribution >= 4 is 5.95 Å². The largest absolute Gasteiger partial charge is 0.325 e. The fourth-order valence-electron chi connectivity index (χ4n) is 0.595. The molecule has 1 N–H and O–H groups in total. The van der Waals surface area contributed by atoms with Gasteiger partial charge in [-0.1, -0.05) is 0 Å². The fourth-order valence-corrected chi connectivity index (χ4v) is 0.595. The van der Waals surface area contributed by atoms with Gasteiger partial charge in [0, 0.05) is 19.3 Å². The Bertz CT molecular complexity index is 323. The van der Waals surface area contributed by atoms with Crippen LogP contribution in [0, 0.1) is 10.1 Å². The van der Waals surface area contributed by atoms with Crippen molar-refractivity contribution in [2.75, 3.05) is 5.32 Å². The number of aromatic nitrogens is 2. The molecule has 0 bridgehead atoms. The van der Waals surface area contributed by atoms with E-state index in [-0.39, 0.29) is 5.70 Å². The molecule has 1 heterocycles. The summed E-state index contributed by atoms with van der Waals surface area (Å²) in [5.41, 5.74) is 0.00690. The first kappa shape index (κ1) is 9.11. The van der Waals surface area contributed by atoms with Gasteiger partial charge in [0.1, 0.15) is 0 Å². The van der Waals surface area contributed by atoms with Crippen LogP contribution in [0.3, 0.4) is 0 Å². The molecule has 0 aliphatic carbocycles. The molecule has 1 aromatic heterocycles. The number of allylic oxidation sites excluding steroid dienone is 1. The van der Waals surface area contributed by atoms with E-state index in [9.17, 15) is 10.1 Å². The lowest BCUT2D eigenvalue weighted by Crippen LogP contribution is -2.00. The van der Waals surface area contributed by atoms with Crippen LogP contribution in [0.15, 0.2) is 30.4 Å². The third kappa shape index (κ3) is 2.86. The van der Waals surface area contributed by atoms with E-state index in [4.69, 9.17) is 0 Å². The van der Waals surface area contributed by atoms with Gasteiger partial charge in [-0.2, -0.15) is 0 Å². The fraction of sp³-hybridized carbons (Fsp3) is 0.143. The molecule has 0 fully saturated rings. The number of nitrogens with one attached hydrogen (secondary N) is 1. The first-order valence-corrected chi connectivity index (χ1v) is 3.55. The van der Waals surface area contributed by atoms with Crippen molar-refractivity contribution in [1.82, 2.24) is 9.97 Å². The Morgan fingerprint density at radius 3 is 2.77 bits per heavy atom. The monoisotopic (exact) mass is 180 g/mol. The Balaban J connectivity index is 2.62. The molecule has 0 unspecified atom stereocenters. The van der Waals surface area contributed by atoms with Crippen LogP contribution >= 0.6 is 0 Å². The molecule has 13 heavy (non-hydrogen) atoms. The average Bonchev–Trinajstić information content (AvgIpc) is 2.15. The van der Waals surface area contributed by atoms with Gasteiger partial charge in [-0.3, -0.25) is 10.1 Å². The van der Waals surface area contributed by atoms with Crippen LogP contribution in [-0.4, -0.2) is 14.9 Å². The first-order chi connectivity index (χ1) is 6.20. The highest BCUT2D eigenvalue weighted by Crippen LogP contribution is 1.97. The zero-order valence-corrected chi connectivity index (χ0v) is 6.97. The Kier molecular flexibility index (Phi) is 2.91. The SMILES string of the molecule is C/C(=C\Nc1ncccn1)[N+](=O)[O-]. The summed E-state index contributed by atoms with van der Waals surface area (Å²) in [5.74, 6) is 0.337. The Morgan fingerprint density at radius 1 is 1.62 bits per heavy atom. The van der Waals surface area contributed by atoms with E-state index in [0.29, 0.717) is 5.95 Å². The van der Waals surface area contributed by atoms with Crippen LogP contribution in [0.4, 0.5) is 5.95 Å². The van der Waals surface area contributed by atoms with E-state index < -0.39 is 4.92 Å². The highest BCUT2D eigenvalue weighted by Gasteiger charge is 2.00. The molecule has 0 aliphatic heterocycles. The minimum Gasteiger partial charge on any atom is -0.325 e. The summed E-state index contributed by atoms with van der Waals surface area (Å²) in [6.07, 6.45) is 4.34. The zero-order chi connectivity index (χ0) is 9.68. The van der Waals surface area contributed by atoms with E-state index in [1.165, 1.54) is 13.1 Å². The van der Waals surface area contributed by atoms with Crippen molar-refractivity contribution in [3.63, 3.8) is 0 Å². The molecule has 0 radical (unpaired) electrons. The van der Waals surface area contributed by atoms with E-state index in [2.05, 4.69) is 15.3 Å². The van der Waals surface area contributed by atoms with Crippen LogP contribution in [-0.2, 0) is 0 Å². The standard InChI is InChI=1S/C7H8N4O2/c1-6(11(12)13)5-10-7-8-3-2-4-9-7/h2-5H,1H3,(H,8,9,10)/b6-5+. The maximum Gasteiger partial charge on any atom is 0.259 e. The molecule has 68 valence electrons. The zero-order valence-electron chi connectivity index (χ0n) is 6.97. The predicted molar refractivity (Wildman–Crippen MR) is 46.4 cm³/mol. The maximum atomic E-state index is 10.2. The summed E-state index contributed by atoms with van der Waals surface area (Å²) in [6, 6.07) is 1.66. The molecular weight excluding hydrogens is 172 g/mol. The summed E-state index contributed by atoms with van der Waals surface area (Å²) >= 11 is 0. The quantitative estimate of drug-likeness (QED) is 0.554. The number of nitrogens with zero attached hydrogens (tertiary/aromatic N) is 3. The van der Waals surface area contributed by atoms with Gasteiger partial charge in [0.2, 0.25) is 5.95 Å². The minimum absolute atomic E-state index is 0.00690. The van der Waals surface area contributed by atoms with Crippen molar-refractivity contribution < 1.29 is 4.92 Å². The lowest BCUT2D eigenvalue weighted by atomic mass is 10.5. The van der Waals surface area contributed by atoms with Gasteiger partial charge in [-0.25, -0.2) is 9.97 Å². The Morgan fingerprint density at radius 2 is 2.23 bits per heavy atom. The van der Waals surface area contributed by atoms with Gasteiger partial charge in [0.05, 0.1) is 11.1 Å². The normalized spacial score (nSPS) is 11.0. The van der Waals surface area contributed by atoms with Gasteiger partial charge in [0.15, 0.2) is 0 Å². The molecule has 1 aromatic rings. The topological polar surface area (TPSA) is 81.0 Å². The van der Waals surface area contributed by atoms with Crippen molar-refractivity contribution in [2.45, 2.75) is 6.92 Å². The summed E-state index contributed by atoms with van der Waals surface area (Å²) in [7, 11) is 0. The van der Waals surface area contributed by atoms with Crippen LogP contribution in [0.1, 0.15) is 6.92 Å². The molecule has 0 aromatic carbocycles. The molecule has 0 saturated heterocycles. The molecule has 0 amide bonds. The summed E-state index contributed by atoms with van der Waals surface area (Å²) in [5, 5.41) is 12.8. The van der Waals surface area contributed by atoms with E-state index in [1.807, 2.05) is 0 Å². The second-order valence-electron chi connectivity index (χ2n) is 2.26. The molecule has 6 nitrogen and oxygen atoms in total. The highest BCUT2D eigenvalue weighted by atomic mass is 16.6. The highest BCUT2D eigenvalue weighted by molar-refractivity contribution is 5.27. The minimum atomic E-state index is -0.490. The van der Waals surface area contributed by atoms with E-state index in [0.717, 1.165) is 0 Å². The first-order valence-electron chi connectivity index (χ1n) is 3.55. The van der Waals surface area contributed by atoms with Crippen molar-refractivity contribution in [3.8, 4) is 0 Å². The molecular formula is C7H8N4O2. The number of anilines is 1. The Labute approximate surface area is 74.5 Å². The van der Waals surface area contributed by atoms with Gasteiger partial charge >= 0.3 is 0 Å². The second kappa shape index (κ2) is 4.15. The average molecular weight is 180 g/mol. The summed E-state index contributed by atoms with van der Waals surface area (Å²) in [6.45, 7) is 1.38. The lowest BCUT2D eigenvalue weighted by molar-refractivity contribution is -0.424. The lowest BCUT2D eigenvalue weighted by Gasteiger charge is -1.95. The Hall–Kier alpha value is -1.98. The second-order valence-corrected chi connectivity index (χ2v) is 2.26. The molecule has 0 atom stereocenters. The van der Waals surface area contributed by atoms with Gasteiger partial charge in [0.25, 0.3) is 5.70 Å². The molecule has 1 rings (SSSR count). The summed E-state index contributed by atoms with van der Waals surface area (Å²) in [4.78, 5) is 17.3. The van der Waals surface area contributed by atoms with Gasteiger partial charge < -0.3 is 5.32 Å². The van der Waals surface area contributed by atoms with Crippen molar-refractivity contribution in [1.29, 1.82) is 0 Å². The van der Waals surface area contributed by atoms with Crippen molar-refractivity contribution in [2.24, 2.45) is 0 Å². The van der Waals surface area contributed by atoms with Gasteiger partial charge in [-0.15, -0.1) is 0 Å². The number of hydrogen-bond donors (Lipinski definition) is 1. The van der Waals surface area contributed by atoms with E-state index >= 15 is 0 Å². The predicted octanol–water partition coefficient (Wildman–Crippen LogP) is 1.03. The molecule has 0 aliphatic rings. The summed E-state index contributed by atoms with van der Waals surface area (Å²) < 4.78 is 0. The van der Waals surface area contributed by atoms with E-state index in [1.54, 1.807) is 18.5 Å². The molecule has 0 spiro atoms. The number of nitro groups is 1. The smallest absolute Gasteiger partial charge is 0.259 e. The third-order valence-electron chi connectivity index (χ3n) is 1.26. The number of rotatable bonds is 3. The molecule has 0 saturated carbocycles. The van der Waals surface area contributed by atoms with Gasteiger partial charge in [-0.05, 0) is 6.07 Å². The van der Waals surface area contributed by atoms with Crippen molar-refractivity contribution in [3.05, 3.63) is 40.5 Å². The molecule has 6 heteroatoms. The number of hydrogen-bond acceptors (Lipinski definition) is 5. The third-order valence-corrected chi connectivity index (χ3v) is 1.26. The van der Waals surface area contributed by atoms with Crippen LogP contribution in [0.25, 0.3) is 0 Å². The maximum absolute atomic E-state index is 10.2.